The van der Waals surface area contributed by atoms with Crippen molar-refractivity contribution < 1.29 is 28.6 Å². The van der Waals surface area contributed by atoms with Gasteiger partial charge in [0.25, 0.3) is 0 Å². The van der Waals surface area contributed by atoms with Crippen LogP contribution in [0.3, 0.4) is 0 Å². The van der Waals surface area contributed by atoms with Crippen molar-refractivity contribution in [3.05, 3.63) is 54.1 Å². The van der Waals surface area contributed by atoms with E-state index in [0.29, 0.717) is 12.3 Å². The van der Waals surface area contributed by atoms with Crippen molar-refractivity contribution in [3.63, 3.8) is 0 Å². The molecule has 3 N–H and O–H groups in total. The zero-order valence-corrected chi connectivity index (χ0v) is 22.2. The number of pyridine rings is 1. The normalized spacial score (nSPS) is 23.7. The summed E-state index contributed by atoms with van der Waals surface area (Å²) in [5.41, 5.74) is 7.01. The number of hydrogen-bond acceptors (Lipinski definition) is 7. The number of hydrogen-bond donors (Lipinski definition) is 2. The van der Waals surface area contributed by atoms with E-state index in [1.54, 1.807) is 0 Å². The Kier molecular flexibility index (Phi) is 6.90. The van der Waals surface area contributed by atoms with Gasteiger partial charge in [-0.2, -0.15) is 0 Å². The number of allylic oxidation sites excluding steroid dienone is 1. The van der Waals surface area contributed by atoms with Gasteiger partial charge in [0.05, 0.1) is 18.7 Å². The summed E-state index contributed by atoms with van der Waals surface area (Å²) >= 11 is 0. The van der Waals surface area contributed by atoms with Crippen molar-refractivity contribution in [2.45, 2.75) is 38.5 Å². The number of ether oxygens (including phenoxy) is 3. The lowest BCUT2D eigenvalue weighted by Gasteiger charge is -2.29. The maximum absolute atomic E-state index is 13.1. The Bertz CT molecular complexity index is 1490. The molecule has 1 fully saturated rings. The van der Waals surface area contributed by atoms with Crippen molar-refractivity contribution in [2.75, 3.05) is 26.8 Å². The first-order chi connectivity index (χ1) is 18.6. The summed E-state index contributed by atoms with van der Waals surface area (Å²) in [6, 6.07) is 12.8. The number of carbonyl (C=O) groups excluding carboxylic acids is 3. The third-order valence-electron chi connectivity index (χ3n) is 7.24. The average molecular weight is 533 g/mol. The van der Waals surface area contributed by atoms with E-state index in [0.717, 1.165) is 27.2 Å². The van der Waals surface area contributed by atoms with Crippen LogP contribution in [0.4, 0.5) is 4.79 Å². The number of nitrogens with one attached hydrogen (secondary N) is 1. The molecule has 3 aromatic rings. The lowest BCUT2D eigenvalue weighted by molar-refractivity contribution is -0.158. The van der Waals surface area contributed by atoms with Crippen LogP contribution in [-0.4, -0.2) is 66.4 Å². The molecule has 10 heteroatoms. The largest absolute Gasteiger partial charge is 0.449 e. The monoisotopic (exact) mass is 532 g/mol. The molecule has 1 aromatic heterocycles. The lowest BCUT2D eigenvalue weighted by atomic mass is 9.90. The molecule has 10 nitrogen and oxygen atoms in total. The minimum atomic E-state index is -1.39. The quantitative estimate of drug-likeness (QED) is 0.484. The fourth-order valence-corrected chi connectivity index (χ4v) is 5.05. The number of aromatic nitrogens is 1. The van der Waals surface area contributed by atoms with Crippen molar-refractivity contribution in [3.8, 4) is 5.88 Å². The first-order valence-electron chi connectivity index (χ1n) is 12.8. The van der Waals surface area contributed by atoms with Gasteiger partial charge in [0, 0.05) is 29.7 Å². The van der Waals surface area contributed by atoms with Gasteiger partial charge in [0.1, 0.15) is 12.6 Å². The zero-order valence-electron chi connectivity index (χ0n) is 22.2. The number of carbonyl (C=O) groups is 3. The van der Waals surface area contributed by atoms with E-state index in [4.69, 9.17) is 24.9 Å². The number of nitrogens with zero attached hydrogens (tertiary/aromatic N) is 2. The van der Waals surface area contributed by atoms with Gasteiger partial charge in [-0.3, -0.25) is 9.59 Å². The molecule has 4 bridgehead atoms. The molecule has 0 spiro atoms. The molecule has 3 heterocycles. The molecule has 0 saturated carbocycles. The first-order valence-corrected chi connectivity index (χ1v) is 12.8. The van der Waals surface area contributed by atoms with E-state index < -0.39 is 29.7 Å². The number of fused-ring (bicyclic) bond motifs is 5. The molecule has 2 unspecified atom stereocenters. The van der Waals surface area contributed by atoms with Gasteiger partial charge in [0.2, 0.25) is 23.5 Å². The van der Waals surface area contributed by atoms with Gasteiger partial charge < -0.3 is 30.2 Å². The summed E-state index contributed by atoms with van der Waals surface area (Å²) in [4.78, 5) is 43.9. The number of amides is 3. The Morgan fingerprint density at radius 3 is 2.72 bits per heavy atom. The van der Waals surface area contributed by atoms with E-state index >= 15 is 0 Å². The topological polar surface area (TPSA) is 133 Å². The van der Waals surface area contributed by atoms with Crippen LogP contribution >= 0.6 is 0 Å². The third-order valence-corrected chi connectivity index (χ3v) is 7.24. The summed E-state index contributed by atoms with van der Waals surface area (Å²) in [5.74, 6) is -2.29. The van der Waals surface area contributed by atoms with Gasteiger partial charge in [-0.25, -0.2) is 9.78 Å². The summed E-state index contributed by atoms with van der Waals surface area (Å²) in [5, 5.41) is 5.15. The number of alkyl carbamates (subject to hydrolysis) is 1. The number of nitrogens with two attached hydrogens (primary N) is 1. The Hall–Kier alpha value is -4.18. The molecule has 0 radical (unpaired) electrons. The second-order valence-electron chi connectivity index (χ2n) is 10.8. The number of rotatable bonds is 2. The smallest absolute Gasteiger partial charge is 0.407 e. The molecular weight excluding hydrogens is 500 g/mol. The number of para-hydroxylation sites is 1. The Morgan fingerprint density at radius 2 is 1.95 bits per heavy atom. The number of benzene rings is 2. The Labute approximate surface area is 226 Å². The second kappa shape index (κ2) is 10.2. The van der Waals surface area contributed by atoms with Crippen LogP contribution < -0.4 is 15.8 Å². The molecule has 2 atom stereocenters. The van der Waals surface area contributed by atoms with Crippen LogP contribution in [0, 0.1) is 5.41 Å². The van der Waals surface area contributed by atoms with Crippen LogP contribution in [0.2, 0.25) is 0 Å². The highest BCUT2D eigenvalue weighted by molar-refractivity contribution is 6.08. The minimum Gasteiger partial charge on any atom is -0.449 e. The van der Waals surface area contributed by atoms with Gasteiger partial charge >= 0.3 is 6.09 Å². The van der Waals surface area contributed by atoms with Gasteiger partial charge in [-0.05, 0) is 29.5 Å². The molecule has 2 aliphatic heterocycles. The van der Waals surface area contributed by atoms with Gasteiger partial charge in [0.15, 0.2) is 0 Å². The van der Waals surface area contributed by atoms with E-state index in [1.807, 2.05) is 68.5 Å². The van der Waals surface area contributed by atoms with Crippen molar-refractivity contribution in [2.24, 2.45) is 11.1 Å². The number of methoxy groups -OCH3 is 1. The van der Waals surface area contributed by atoms with Crippen LogP contribution in [0.1, 0.15) is 32.3 Å². The molecule has 0 aliphatic carbocycles. The van der Waals surface area contributed by atoms with Crippen LogP contribution in [-0.2, 0) is 19.1 Å². The van der Waals surface area contributed by atoms with Crippen LogP contribution in [0.25, 0.3) is 27.8 Å². The first kappa shape index (κ1) is 26.4. The fraction of sp³-hybridized carbons (Fsp3) is 0.379. The van der Waals surface area contributed by atoms with Gasteiger partial charge in [-0.1, -0.05) is 56.3 Å². The molecule has 3 amide bonds. The minimum absolute atomic E-state index is 0.00119. The molecular formula is C29H32N4O6. The molecule has 1 saturated heterocycles. The SMILES string of the molecule is COC12CC(C(N)=O)N(C1)C(=O)CNC(=O)OCC(C)(C)CC=Cc1ccc3c(c1)c(nc1ccccc13)O2. The molecule has 2 aromatic carbocycles. The highest BCUT2D eigenvalue weighted by atomic mass is 16.7. The number of primary amides is 1. The average Bonchev–Trinajstić information content (AvgIpc) is 3.31. The zero-order chi connectivity index (χ0) is 27.8. The van der Waals surface area contributed by atoms with E-state index in [9.17, 15) is 14.4 Å². The number of cyclic esters (lactones) is 1. The van der Waals surface area contributed by atoms with Crippen LogP contribution in [0.15, 0.2) is 48.5 Å². The second-order valence-corrected chi connectivity index (χ2v) is 10.8. The van der Waals surface area contributed by atoms with E-state index in [1.165, 1.54) is 12.0 Å². The molecule has 204 valence electrons. The maximum Gasteiger partial charge on any atom is 0.407 e. The van der Waals surface area contributed by atoms with Crippen molar-refractivity contribution in [1.29, 1.82) is 0 Å². The van der Waals surface area contributed by atoms with Crippen molar-refractivity contribution >= 4 is 45.7 Å². The highest BCUT2D eigenvalue weighted by Crippen LogP contribution is 2.38. The van der Waals surface area contributed by atoms with Crippen molar-refractivity contribution in [1.82, 2.24) is 15.2 Å². The summed E-state index contributed by atoms with van der Waals surface area (Å²) in [6.07, 6.45) is 3.97. The summed E-state index contributed by atoms with van der Waals surface area (Å²) in [6.45, 7) is 3.67. The standard InChI is InChI=1S/C29H32N4O6/c1-28(2)12-6-7-18-10-11-19-20-8-4-5-9-22(20)32-26(21(19)13-18)39-29(37-3)14-23(25(30)35)33(16-29)24(34)15-31-27(36)38-17-28/h4-11,13,23H,12,14-17H2,1-3H3,(H2,30,35)(H,31,36). The predicted octanol–water partition coefficient (Wildman–Crippen LogP) is 3.37. The van der Waals surface area contributed by atoms with E-state index in [-0.39, 0.29) is 31.5 Å². The summed E-state index contributed by atoms with van der Waals surface area (Å²) < 4.78 is 17.6. The van der Waals surface area contributed by atoms with Crippen LogP contribution in [0.5, 0.6) is 5.88 Å². The Morgan fingerprint density at radius 1 is 1.15 bits per heavy atom. The lowest BCUT2D eigenvalue weighted by Crippen LogP contribution is -2.48. The third kappa shape index (κ3) is 5.37. The molecule has 2 aliphatic rings. The predicted molar refractivity (Wildman–Crippen MR) is 146 cm³/mol. The molecule has 5 rings (SSSR count). The molecule has 39 heavy (non-hydrogen) atoms. The maximum atomic E-state index is 13.1. The summed E-state index contributed by atoms with van der Waals surface area (Å²) in [7, 11) is 1.45. The van der Waals surface area contributed by atoms with Gasteiger partial charge in [-0.15, -0.1) is 0 Å². The fourth-order valence-electron chi connectivity index (χ4n) is 5.05. The Balaban J connectivity index is 1.64. The van der Waals surface area contributed by atoms with E-state index in [2.05, 4.69) is 5.32 Å². The highest BCUT2D eigenvalue weighted by Gasteiger charge is 2.51.